The molecule has 0 atom stereocenters. The normalized spacial score (nSPS) is 24.6. The van der Waals surface area contributed by atoms with E-state index in [0.717, 1.165) is 45.6 Å². The van der Waals surface area contributed by atoms with Gasteiger partial charge in [0.2, 0.25) is 5.91 Å². The van der Waals surface area contributed by atoms with Gasteiger partial charge in [-0.25, -0.2) is 4.79 Å². The first kappa shape index (κ1) is 16.6. The molecule has 0 aromatic rings. The van der Waals surface area contributed by atoms with Crippen LogP contribution in [0.5, 0.6) is 0 Å². The third kappa shape index (κ3) is 3.47. The Morgan fingerprint density at radius 3 is 2.39 bits per heavy atom. The summed E-state index contributed by atoms with van der Waals surface area (Å²) in [4.78, 5) is 28.2. The zero-order chi connectivity index (χ0) is 16.8. The van der Waals surface area contributed by atoms with Gasteiger partial charge in [0.25, 0.3) is 0 Å². The lowest BCUT2D eigenvalue weighted by Gasteiger charge is -2.58. The van der Waals surface area contributed by atoms with E-state index in [1.807, 2.05) is 20.8 Å². The molecule has 1 N–H and O–H groups in total. The molecule has 0 unspecified atom stereocenters. The van der Waals surface area contributed by atoms with Crippen molar-refractivity contribution in [2.75, 3.05) is 32.7 Å². The van der Waals surface area contributed by atoms with Crippen LogP contribution in [0.3, 0.4) is 0 Å². The number of carbonyl (C=O) groups is 2. The molecule has 2 heterocycles. The zero-order valence-electron chi connectivity index (χ0n) is 14.7. The van der Waals surface area contributed by atoms with Crippen LogP contribution in [0.25, 0.3) is 0 Å². The van der Waals surface area contributed by atoms with Crippen molar-refractivity contribution in [3.63, 3.8) is 0 Å². The molecule has 0 aromatic heterocycles. The van der Waals surface area contributed by atoms with Crippen molar-refractivity contribution in [3.05, 3.63) is 0 Å². The Hall–Kier alpha value is -1.30. The SMILES string of the molecule is CCN1CC(NC(=O)C2CC3(C2)CN(C(=O)OC(C)(C)C)C3)C1.[HH]. The van der Waals surface area contributed by atoms with Gasteiger partial charge in [0.05, 0.1) is 6.04 Å². The lowest BCUT2D eigenvalue weighted by molar-refractivity contribution is -0.144. The highest BCUT2D eigenvalue weighted by Gasteiger charge is 2.56. The van der Waals surface area contributed by atoms with Crippen molar-refractivity contribution < 1.29 is 15.8 Å². The Bertz CT molecular complexity index is 486. The van der Waals surface area contributed by atoms with Gasteiger partial charge in [0.15, 0.2) is 0 Å². The van der Waals surface area contributed by atoms with Crippen LogP contribution < -0.4 is 5.32 Å². The van der Waals surface area contributed by atoms with Crippen molar-refractivity contribution in [2.45, 2.75) is 52.2 Å². The number of hydrogen-bond donors (Lipinski definition) is 1. The van der Waals surface area contributed by atoms with E-state index in [-0.39, 0.29) is 24.8 Å². The lowest BCUT2D eigenvalue weighted by atomic mass is 9.57. The van der Waals surface area contributed by atoms with Gasteiger partial charge in [0, 0.05) is 38.9 Å². The highest BCUT2D eigenvalue weighted by molar-refractivity contribution is 5.80. The fourth-order valence-corrected chi connectivity index (χ4v) is 3.89. The highest BCUT2D eigenvalue weighted by atomic mass is 16.6. The summed E-state index contributed by atoms with van der Waals surface area (Å²) in [6, 6.07) is 0.332. The first-order valence-corrected chi connectivity index (χ1v) is 8.70. The number of nitrogens with zero attached hydrogens (tertiary/aromatic N) is 2. The number of ether oxygens (including phenoxy) is 1. The van der Waals surface area contributed by atoms with E-state index in [9.17, 15) is 9.59 Å². The number of carbonyl (C=O) groups excluding carboxylic acids is 2. The van der Waals surface area contributed by atoms with Crippen LogP contribution in [-0.4, -0.2) is 66.2 Å². The van der Waals surface area contributed by atoms with E-state index in [2.05, 4.69) is 17.1 Å². The lowest BCUT2D eigenvalue weighted by Crippen LogP contribution is -2.67. The fraction of sp³-hybridized carbons (Fsp3) is 0.882. The quantitative estimate of drug-likeness (QED) is 0.858. The number of hydrogen-bond acceptors (Lipinski definition) is 4. The smallest absolute Gasteiger partial charge is 0.410 e. The minimum absolute atomic E-state index is 0. The first-order valence-electron chi connectivity index (χ1n) is 8.70. The molecule has 3 fully saturated rings. The number of amides is 2. The molecule has 0 bridgehead atoms. The van der Waals surface area contributed by atoms with E-state index in [1.165, 1.54) is 0 Å². The third-order valence-corrected chi connectivity index (χ3v) is 5.18. The fourth-order valence-electron chi connectivity index (χ4n) is 3.89. The maximum Gasteiger partial charge on any atom is 0.410 e. The van der Waals surface area contributed by atoms with Gasteiger partial charge >= 0.3 is 6.09 Å². The Labute approximate surface area is 140 Å². The van der Waals surface area contributed by atoms with Crippen molar-refractivity contribution >= 4 is 12.0 Å². The van der Waals surface area contributed by atoms with Crippen LogP contribution in [0.15, 0.2) is 0 Å². The largest absolute Gasteiger partial charge is 0.444 e. The summed E-state index contributed by atoms with van der Waals surface area (Å²) in [7, 11) is 0. The summed E-state index contributed by atoms with van der Waals surface area (Å²) in [5.74, 6) is 0.332. The van der Waals surface area contributed by atoms with E-state index in [1.54, 1.807) is 4.90 Å². The Morgan fingerprint density at radius 2 is 1.87 bits per heavy atom. The van der Waals surface area contributed by atoms with Crippen molar-refractivity contribution in [1.82, 2.24) is 15.1 Å². The Morgan fingerprint density at radius 1 is 1.26 bits per heavy atom. The second kappa shape index (κ2) is 5.65. The third-order valence-electron chi connectivity index (χ3n) is 5.18. The molecule has 1 aliphatic carbocycles. The predicted octanol–water partition coefficient (Wildman–Crippen LogP) is 1.70. The van der Waals surface area contributed by atoms with Gasteiger partial charge in [-0.3, -0.25) is 9.69 Å². The second-order valence-corrected chi connectivity index (χ2v) is 8.50. The van der Waals surface area contributed by atoms with Crippen molar-refractivity contribution in [1.29, 1.82) is 0 Å². The minimum Gasteiger partial charge on any atom is -0.444 e. The number of nitrogens with one attached hydrogen (secondary N) is 1. The number of rotatable bonds is 3. The summed E-state index contributed by atoms with van der Waals surface area (Å²) >= 11 is 0. The van der Waals surface area contributed by atoms with E-state index in [0.29, 0.717) is 6.04 Å². The van der Waals surface area contributed by atoms with Gasteiger partial charge in [-0.15, -0.1) is 0 Å². The highest BCUT2D eigenvalue weighted by Crippen LogP contribution is 2.52. The van der Waals surface area contributed by atoms with Crippen LogP contribution >= 0.6 is 0 Å². The zero-order valence-corrected chi connectivity index (χ0v) is 14.7. The second-order valence-electron chi connectivity index (χ2n) is 8.50. The minimum atomic E-state index is -0.447. The summed E-state index contributed by atoms with van der Waals surface area (Å²) in [6.45, 7) is 12.3. The monoisotopic (exact) mass is 325 g/mol. The van der Waals surface area contributed by atoms with Gasteiger partial charge in [-0.2, -0.15) is 0 Å². The molecular weight excluding hydrogens is 294 g/mol. The molecule has 3 aliphatic rings. The molecule has 6 nitrogen and oxygen atoms in total. The molecule has 132 valence electrons. The molecule has 0 radical (unpaired) electrons. The van der Waals surface area contributed by atoms with Crippen molar-refractivity contribution in [2.24, 2.45) is 11.3 Å². The van der Waals surface area contributed by atoms with Gasteiger partial charge in [-0.1, -0.05) is 6.92 Å². The molecular formula is C17H31N3O3. The van der Waals surface area contributed by atoms with Crippen LogP contribution in [0, 0.1) is 11.3 Å². The first-order chi connectivity index (χ1) is 10.7. The molecule has 23 heavy (non-hydrogen) atoms. The van der Waals surface area contributed by atoms with Gasteiger partial charge < -0.3 is 15.0 Å². The number of likely N-dealkylation sites (tertiary alicyclic amines) is 2. The van der Waals surface area contributed by atoms with E-state index < -0.39 is 5.60 Å². The van der Waals surface area contributed by atoms with Gasteiger partial charge in [-0.05, 0) is 40.2 Å². The molecule has 0 aromatic carbocycles. The van der Waals surface area contributed by atoms with Crippen LogP contribution in [0.2, 0.25) is 0 Å². The van der Waals surface area contributed by atoms with Crippen LogP contribution in [-0.2, 0) is 9.53 Å². The number of likely N-dealkylation sites (N-methyl/N-ethyl adjacent to an activating group) is 1. The molecule has 2 amide bonds. The molecule has 2 aliphatic heterocycles. The Kier molecular flexibility index (Phi) is 4.07. The average Bonchev–Trinajstić information content (AvgIpc) is 2.27. The predicted molar refractivity (Wildman–Crippen MR) is 89.1 cm³/mol. The summed E-state index contributed by atoms with van der Waals surface area (Å²) in [6.07, 6.45) is 1.58. The van der Waals surface area contributed by atoms with E-state index >= 15 is 0 Å². The summed E-state index contributed by atoms with van der Waals surface area (Å²) in [5, 5.41) is 3.15. The maximum absolute atomic E-state index is 12.2. The molecule has 3 rings (SSSR count). The summed E-state index contributed by atoms with van der Waals surface area (Å²) in [5.41, 5.74) is -0.273. The average molecular weight is 325 g/mol. The topological polar surface area (TPSA) is 61.9 Å². The Balaban J connectivity index is 0.00000208. The molecule has 1 saturated carbocycles. The molecule has 6 heteroatoms. The standard InChI is InChI=1S/C17H29N3O3.H2/c1-5-19-8-13(9-19)18-14(21)12-6-17(7-12)10-20(11-17)15(22)23-16(2,3)4;/h12-13H,5-11H2,1-4H3,(H,18,21);1H. The van der Waals surface area contributed by atoms with Crippen LogP contribution in [0.4, 0.5) is 4.79 Å². The maximum atomic E-state index is 12.2. The molecule has 2 saturated heterocycles. The van der Waals surface area contributed by atoms with Crippen molar-refractivity contribution in [3.8, 4) is 0 Å². The summed E-state index contributed by atoms with van der Waals surface area (Å²) < 4.78 is 5.38. The van der Waals surface area contributed by atoms with Gasteiger partial charge in [0.1, 0.15) is 5.60 Å². The molecule has 1 spiro atoms. The van der Waals surface area contributed by atoms with Crippen LogP contribution in [0.1, 0.15) is 42.0 Å². The van der Waals surface area contributed by atoms with E-state index in [4.69, 9.17) is 4.74 Å².